The molecule has 1 aromatic heterocycles. The standard InChI is InChI=1S/C21H30BrN3O/c1-5-8-18(24-12-14(3)11-15(4)13-24)20-23-17-10-7-9-16(22)19(17)21(26)25(20)6-2/h7,9-10,14-15,18H,5-6,8,11-13H2,1-4H3/t14-,15+,18?. The number of rotatable bonds is 5. The lowest BCUT2D eigenvalue weighted by Crippen LogP contribution is -2.43. The third-order valence-electron chi connectivity index (χ3n) is 5.48. The number of halogens is 1. The summed E-state index contributed by atoms with van der Waals surface area (Å²) in [5.74, 6) is 2.32. The van der Waals surface area contributed by atoms with Gasteiger partial charge in [-0.3, -0.25) is 14.3 Å². The van der Waals surface area contributed by atoms with Crippen molar-refractivity contribution in [1.29, 1.82) is 0 Å². The molecule has 4 nitrogen and oxygen atoms in total. The predicted molar refractivity (Wildman–Crippen MR) is 112 cm³/mol. The fourth-order valence-corrected chi connectivity index (χ4v) is 5.04. The Hall–Kier alpha value is -1.20. The number of nitrogens with zero attached hydrogens (tertiary/aromatic N) is 3. The molecule has 2 heterocycles. The quantitative estimate of drug-likeness (QED) is 0.684. The Kier molecular flexibility index (Phi) is 6.18. The van der Waals surface area contributed by atoms with Crippen LogP contribution in [0.2, 0.25) is 0 Å². The van der Waals surface area contributed by atoms with E-state index in [2.05, 4.69) is 41.6 Å². The lowest BCUT2D eigenvalue weighted by Gasteiger charge is -2.40. The van der Waals surface area contributed by atoms with Gasteiger partial charge in [-0.05, 0) is 59.7 Å². The topological polar surface area (TPSA) is 38.1 Å². The van der Waals surface area contributed by atoms with Gasteiger partial charge in [0.1, 0.15) is 5.82 Å². The minimum absolute atomic E-state index is 0.0687. The Morgan fingerprint density at radius 3 is 2.54 bits per heavy atom. The Morgan fingerprint density at radius 1 is 1.23 bits per heavy atom. The third-order valence-corrected chi connectivity index (χ3v) is 6.14. The Morgan fingerprint density at radius 2 is 1.92 bits per heavy atom. The average molecular weight is 420 g/mol. The molecule has 1 unspecified atom stereocenters. The predicted octanol–water partition coefficient (Wildman–Crippen LogP) is 5.00. The number of aromatic nitrogens is 2. The van der Waals surface area contributed by atoms with E-state index in [0.717, 1.165) is 41.7 Å². The second-order valence-corrected chi connectivity index (χ2v) is 8.71. The first kappa shape index (κ1) is 19.6. The highest BCUT2D eigenvalue weighted by Gasteiger charge is 2.31. The minimum atomic E-state index is 0.0687. The average Bonchev–Trinajstić information content (AvgIpc) is 2.58. The molecule has 5 heteroatoms. The summed E-state index contributed by atoms with van der Waals surface area (Å²) in [6, 6.07) is 6.04. The first-order valence-corrected chi connectivity index (χ1v) is 10.7. The maximum atomic E-state index is 13.2. The van der Waals surface area contributed by atoms with Crippen molar-refractivity contribution < 1.29 is 0 Å². The van der Waals surface area contributed by atoms with Crippen LogP contribution in [0.5, 0.6) is 0 Å². The maximum Gasteiger partial charge on any atom is 0.262 e. The van der Waals surface area contributed by atoms with Gasteiger partial charge in [0.25, 0.3) is 5.56 Å². The number of piperidine rings is 1. The first-order chi connectivity index (χ1) is 12.5. The van der Waals surface area contributed by atoms with Crippen molar-refractivity contribution in [1.82, 2.24) is 14.5 Å². The van der Waals surface area contributed by atoms with E-state index in [4.69, 9.17) is 4.98 Å². The van der Waals surface area contributed by atoms with Crippen LogP contribution in [0.1, 0.15) is 58.8 Å². The van der Waals surface area contributed by atoms with Crippen LogP contribution in [0.25, 0.3) is 10.9 Å². The van der Waals surface area contributed by atoms with Crippen molar-refractivity contribution in [3.05, 3.63) is 38.9 Å². The molecule has 0 amide bonds. The molecule has 1 saturated heterocycles. The minimum Gasteiger partial charge on any atom is -0.295 e. The molecule has 1 aromatic carbocycles. The summed E-state index contributed by atoms with van der Waals surface area (Å²) >= 11 is 3.53. The zero-order valence-electron chi connectivity index (χ0n) is 16.3. The molecule has 0 bridgehead atoms. The van der Waals surface area contributed by atoms with Gasteiger partial charge in [0.15, 0.2) is 0 Å². The maximum absolute atomic E-state index is 13.2. The van der Waals surface area contributed by atoms with Crippen LogP contribution >= 0.6 is 15.9 Å². The van der Waals surface area contributed by atoms with Gasteiger partial charge in [0.2, 0.25) is 0 Å². The van der Waals surface area contributed by atoms with Gasteiger partial charge >= 0.3 is 0 Å². The molecule has 0 aliphatic carbocycles. The summed E-state index contributed by atoms with van der Waals surface area (Å²) in [5.41, 5.74) is 0.863. The number of fused-ring (bicyclic) bond motifs is 1. The van der Waals surface area contributed by atoms with E-state index < -0.39 is 0 Å². The van der Waals surface area contributed by atoms with Gasteiger partial charge < -0.3 is 0 Å². The summed E-state index contributed by atoms with van der Waals surface area (Å²) < 4.78 is 2.71. The highest BCUT2D eigenvalue weighted by molar-refractivity contribution is 9.10. The number of benzene rings is 1. The Labute approximate surface area is 164 Å². The van der Waals surface area contributed by atoms with Crippen molar-refractivity contribution in [2.45, 2.75) is 59.5 Å². The van der Waals surface area contributed by atoms with E-state index in [-0.39, 0.29) is 11.6 Å². The SMILES string of the molecule is CCCC(c1nc2cccc(Br)c2c(=O)n1CC)N1C[C@H](C)C[C@H](C)C1. The van der Waals surface area contributed by atoms with E-state index in [1.807, 2.05) is 29.7 Å². The van der Waals surface area contributed by atoms with Crippen molar-refractivity contribution in [3.8, 4) is 0 Å². The van der Waals surface area contributed by atoms with E-state index in [0.29, 0.717) is 23.8 Å². The molecule has 1 fully saturated rings. The zero-order valence-corrected chi connectivity index (χ0v) is 17.9. The molecule has 142 valence electrons. The normalized spacial score (nSPS) is 22.7. The number of hydrogen-bond donors (Lipinski definition) is 0. The first-order valence-electron chi connectivity index (χ1n) is 9.89. The van der Waals surface area contributed by atoms with E-state index in [9.17, 15) is 4.79 Å². The molecule has 2 aromatic rings. The molecule has 0 N–H and O–H groups in total. The van der Waals surface area contributed by atoms with Crippen molar-refractivity contribution in [2.24, 2.45) is 11.8 Å². The second kappa shape index (κ2) is 8.22. The zero-order chi connectivity index (χ0) is 18.8. The van der Waals surface area contributed by atoms with E-state index >= 15 is 0 Å². The fourth-order valence-electron chi connectivity index (χ4n) is 4.51. The van der Waals surface area contributed by atoms with Gasteiger partial charge in [-0.25, -0.2) is 4.98 Å². The lowest BCUT2D eigenvalue weighted by molar-refractivity contribution is 0.0836. The summed E-state index contributed by atoms with van der Waals surface area (Å²) in [6.07, 6.45) is 3.40. The molecule has 3 rings (SSSR count). The van der Waals surface area contributed by atoms with E-state index in [1.165, 1.54) is 6.42 Å². The van der Waals surface area contributed by atoms with Crippen LogP contribution in [-0.2, 0) is 6.54 Å². The van der Waals surface area contributed by atoms with Crippen LogP contribution in [-0.4, -0.2) is 27.5 Å². The molecule has 1 aliphatic heterocycles. The third kappa shape index (κ3) is 3.74. The largest absolute Gasteiger partial charge is 0.295 e. The highest BCUT2D eigenvalue weighted by Crippen LogP contribution is 2.32. The van der Waals surface area contributed by atoms with Crippen LogP contribution in [0.4, 0.5) is 0 Å². The summed E-state index contributed by atoms with van der Waals surface area (Å²) in [7, 11) is 0. The van der Waals surface area contributed by atoms with E-state index in [1.54, 1.807) is 0 Å². The molecule has 0 saturated carbocycles. The fraction of sp³-hybridized carbons (Fsp3) is 0.619. The Balaban J connectivity index is 2.15. The van der Waals surface area contributed by atoms with Crippen molar-refractivity contribution in [3.63, 3.8) is 0 Å². The van der Waals surface area contributed by atoms with Gasteiger partial charge in [0, 0.05) is 24.1 Å². The summed E-state index contributed by atoms with van der Waals surface area (Å²) in [4.78, 5) is 20.8. The van der Waals surface area contributed by atoms with Crippen LogP contribution in [0, 0.1) is 11.8 Å². The molecule has 3 atom stereocenters. The van der Waals surface area contributed by atoms with Gasteiger partial charge in [0.05, 0.1) is 16.9 Å². The molecule has 26 heavy (non-hydrogen) atoms. The van der Waals surface area contributed by atoms with Gasteiger partial charge in [-0.1, -0.05) is 33.3 Å². The second-order valence-electron chi connectivity index (χ2n) is 7.86. The summed E-state index contributed by atoms with van der Waals surface area (Å²) in [5, 5.41) is 0.689. The molecule has 1 aliphatic rings. The summed E-state index contributed by atoms with van der Waals surface area (Å²) in [6.45, 7) is 11.8. The van der Waals surface area contributed by atoms with Crippen molar-refractivity contribution >= 4 is 26.8 Å². The molecule has 0 radical (unpaired) electrons. The molecular weight excluding hydrogens is 390 g/mol. The van der Waals surface area contributed by atoms with Crippen LogP contribution in [0.15, 0.2) is 27.5 Å². The Bertz CT molecular complexity index is 822. The lowest BCUT2D eigenvalue weighted by atomic mass is 9.90. The van der Waals surface area contributed by atoms with Crippen molar-refractivity contribution in [2.75, 3.05) is 13.1 Å². The van der Waals surface area contributed by atoms with Crippen LogP contribution < -0.4 is 5.56 Å². The van der Waals surface area contributed by atoms with Gasteiger partial charge in [-0.15, -0.1) is 0 Å². The van der Waals surface area contributed by atoms with Gasteiger partial charge in [-0.2, -0.15) is 0 Å². The number of hydrogen-bond acceptors (Lipinski definition) is 3. The molecular formula is C21H30BrN3O. The highest BCUT2D eigenvalue weighted by atomic mass is 79.9. The van der Waals surface area contributed by atoms with Crippen LogP contribution in [0.3, 0.4) is 0 Å². The molecule has 0 spiro atoms. The smallest absolute Gasteiger partial charge is 0.262 e. The number of likely N-dealkylation sites (tertiary alicyclic amines) is 1. The monoisotopic (exact) mass is 419 g/mol.